The maximum absolute atomic E-state index is 13.4. The van der Waals surface area contributed by atoms with Crippen molar-refractivity contribution in [3.63, 3.8) is 0 Å². The van der Waals surface area contributed by atoms with E-state index in [1.807, 2.05) is 0 Å². The number of aromatic nitrogens is 2. The summed E-state index contributed by atoms with van der Waals surface area (Å²) in [6.45, 7) is 0. The van der Waals surface area contributed by atoms with Crippen LogP contribution in [0.1, 0.15) is 11.1 Å². The molecule has 0 saturated heterocycles. The highest BCUT2D eigenvalue weighted by molar-refractivity contribution is 7.90. The molecule has 0 radical (unpaired) electrons. The molecule has 1 heterocycles. The van der Waals surface area contributed by atoms with Crippen molar-refractivity contribution in [3.8, 4) is 5.75 Å². The molecule has 164 valence electrons. The van der Waals surface area contributed by atoms with Gasteiger partial charge in [-0.05, 0) is 41.5 Å². The first-order valence-electron chi connectivity index (χ1n) is 9.59. The monoisotopic (exact) mass is 456 g/mol. The van der Waals surface area contributed by atoms with Gasteiger partial charge < -0.3 is 4.74 Å². The Bertz CT molecular complexity index is 1410. The minimum atomic E-state index is -4.00. The second-order valence-electron chi connectivity index (χ2n) is 7.23. The number of rotatable bonds is 7. The van der Waals surface area contributed by atoms with Crippen molar-refractivity contribution in [2.45, 2.75) is 17.7 Å². The molecule has 0 saturated carbocycles. The molecule has 0 aliphatic carbocycles. The Hall–Kier alpha value is -3.59. The SMILES string of the molecule is COc1cccc(S(=O)(=O)n2ncc3ccc(CC(=O)Cc4cc(F)cc(F)c4)cc32)c1. The van der Waals surface area contributed by atoms with Gasteiger partial charge in [-0.3, -0.25) is 4.79 Å². The molecule has 0 aliphatic heterocycles. The molecule has 1 aromatic heterocycles. The summed E-state index contributed by atoms with van der Waals surface area (Å²) in [7, 11) is -2.56. The highest BCUT2D eigenvalue weighted by Crippen LogP contribution is 2.24. The van der Waals surface area contributed by atoms with Gasteiger partial charge in [0.25, 0.3) is 10.0 Å². The Kier molecular flexibility index (Phi) is 5.75. The van der Waals surface area contributed by atoms with E-state index in [4.69, 9.17) is 4.74 Å². The molecule has 0 unspecified atom stereocenters. The van der Waals surface area contributed by atoms with E-state index in [1.165, 1.54) is 25.4 Å². The number of hydrogen-bond acceptors (Lipinski definition) is 5. The molecular formula is C23H18F2N2O4S. The molecule has 0 atom stereocenters. The van der Waals surface area contributed by atoms with Crippen LogP contribution in [0.3, 0.4) is 0 Å². The molecular weight excluding hydrogens is 438 g/mol. The molecule has 0 aliphatic rings. The maximum atomic E-state index is 13.4. The van der Waals surface area contributed by atoms with E-state index in [2.05, 4.69) is 5.10 Å². The number of ether oxygens (including phenoxy) is 1. The average Bonchev–Trinajstić information content (AvgIpc) is 3.17. The molecule has 3 aromatic carbocycles. The second kappa shape index (κ2) is 8.51. The lowest BCUT2D eigenvalue weighted by Gasteiger charge is -2.08. The van der Waals surface area contributed by atoms with Gasteiger partial charge in [0, 0.05) is 30.4 Å². The molecule has 9 heteroatoms. The Labute approximate surface area is 183 Å². The standard InChI is InChI=1S/C23H18F2N2O4S/c1-31-21-3-2-4-22(13-21)32(29,30)27-23-11-15(5-6-17(23)14-26-27)9-20(28)10-16-7-18(24)12-19(25)8-16/h2-8,11-14H,9-10H2,1H3. The summed E-state index contributed by atoms with van der Waals surface area (Å²) < 4.78 is 59.0. The average molecular weight is 456 g/mol. The smallest absolute Gasteiger partial charge is 0.283 e. The van der Waals surface area contributed by atoms with Gasteiger partial charge in [-0.1, -0.05) is 18.2 Å². The van der Waals surface area contributed by atoms with Gasteiger partial charge in [0.05, 0.1) is 23.7 Å². The fourth-order valence-electron chi connectivity index (χ4n) is 3.43. The number of halogens is 2. The third kappa shape index (κ3) is 4.38. The number of nitrogens with zero attached hydrogens (tertiary/aromatic N) is 2. The van der Waals surface area contributed by atoms with Crippen molar-refractivity contribution in [1.29, 1.82) is 0 Å². The van der Waals surface area contributed by atoms with Gasteiger partial charge in [0.1, 0.15) is 23.2 Å². The van der Waals surface area contributed by atoms with Gasteiger partial charge in [-0.2, -0.15) is 17.6 Å². The fraction of sp³-hybridized carbons (Fsp3) is 0.130. The zero-order valence-corrected chi connectivity index (χ0v) is 17.8. The Morgan fingerprint density at radius 3 is 2.41 bits per heavy atom. The molecule has 0 amide bonds. The first-order chi connectivity index (χ1) is 15.3. The van der Waals surface area contributed by atoms with Gasteiger partial charge in [-0.15, -0.1) is 0 Å². The van der Waals surface area contributed by atoms with Crippen LogP contribution in [0.25, 0.3) is 10.9 Å². The lowest BCUT2D eigenvalue weighted by Crippen LogP contribution is -2.14. The van der Waals surface area contributed by atoms with Crippen molar-refractivity contribution in [2.75, 3.05) is 7.11 Å². The van der Waals surface area contributed by atoms with E-state index in [0.717, 1.165) is 22.3 Å². The molecule has 6 nitrogen and oxygen atoms in total. The quantitative estimate of drug-likeness (QED) is 0.421. The van der Waals surface area contributed by atoms with E-state index in [9.17, 15) is 22.0 Å². The van der Waals surface area contributed by atoms with Gasteiger partial charge in [0.15, 0.2) is 0 Å². The van der Waals surface area contributed by atoms with Gasteiger partial charge >= 0.3 is 0 Å². The normalized spacial score (nSPS) is 11.6. The van der Waals surface area contributed by atoms with E-state index in [0.29, 0.717) is 22.2 Å². The van der Waals surface area contributed by atoms with E-state index < -0.39 is 21.7 Å². The number of carbonyl (C=O) groups is 1. The van der Waals surface area contributed by atoms with Crippen molar-refractivity contribution in [2.24, 2.45) is 0 Å². The number of ketones is 1. The number of carbonyl (C=O) groups excluding carboxylic acids is 1. The van der Waals surface area contributed by atoms with Crippen LogP contribution in [-0.4, -0.2) is 30.5 Å². The molecule has 0 N–H and O–H groups in total. The largest absolute Gasteiger partial charge is 0.497 e. The van der Waals surface area contributed by atoms with E-state index >= 15 is 0 Å². The topological polar surface area (TPSA) is 78.3 Å². The number of methoxy groups -OCH3 is 1. The van der Waals surface area contributed by atoms with Crippen molar-refractivity contribution < 1.29 is 26.7 Å². The zero-order valence-electron chi connectivity index (χ0n) is 17.0. The summed E-state index contributed by atoms with van der Waals surface area (Å²) in [5.74, 6) is -1.37. The number of Topliss-reactive ketones (excluding diaryl/α,β-unsaturated/α-hetero) is 1. The van der Waals surface area contributed by atoms with Crippen LogP contribution in [0.5, 0.6) is 5.75 Å². The maximum Gasteiger partial charge on any atom is 0.283 e. The Morgan fingerprint density at radius 1 is 0.969 bits per heavy atom. The number of fused-ring (bicyclic) bond motifs is 1. The molecule has 4 aromatic rings. The Morgan fingerprint density at radius 2 is 1.69 bits per heavy atom. The fourth-order valence-corrected chi connectivity index (χ4v) is 4.74. The van der Waals surface area contributed by atoms with Crippen molar-refractivity contribution >= 4 is 26.7 Å². The number of hydrogen-bond donors (Lipinski definition) is 0. The highest BCUT2D eigenvalue weighted by atomic mass is 32.2. The summed E-state index contributed by atoms with van der Waals surface area (Å²) in [4.78, 5) is 12.5. The predicted molar refractivity (Wildman–Crippen MR) is 114 cm³/mol. The second-order valence-corrected chi connectivity index (χ2v) is 9.00. The minimum Gasteiger partial charge on any atom is -0.497 e. The lowest BCUT2D eigenvalue weighted by molar-refractivity contribution is -0.117. The van der Waals surface area contributed by atoms with Gasteiger partial charge in [-0.25, -0.2) is 8.78 Å². The molecule has 0 bridgehead atoms. The van der Waals surface area contributed by atoms with Crippen LogP contribution in [0.2, 0.25) is 0 Å². The van der Waals surface area contributed by atoms with Crippen molar-refractivity contribution in [3.05, 3.63) is 89.6 Å². The van der Waals surface area contributed by atoms with Crippen LogP contribution < -0.4 is 4.74 Å². The molecule has 0 spiro atoms. The highest BCUT2D eigenvalue weighted by Gasteiger charge is 2.21. The Balaban J connectivity index is 1.63. The minimum absolute atomic E-state index is 0.0106. The molecule has 0 fully saturated rings. The van der Waals surface area contributed by atoms with Crippen LogP contribution in [0.15, 0.2) is 71.8 Å². The van der Waals surface area contributed by atoms with Gasteiger partial charge in [0.2, 0.25) is 0 Å². The van der Waals surface area contributed by atoms with E-state index in [-0.39, 0.29) is 29.1 Å². The number of benzene rings is 3. The van der Waals surface area contributed by atoms with Crippen molar-refractivity contribution in [1.82, 2.24) is 9.19 Å². The first-order valence-corrected chi connectivity index (χ1v) is 11.0. The summed E-state index contributed by atoms with van der Waals surface area (Å²) >= 11 is 0. The van der Waals surface area contributed by atoms with Crippen LogP contribution in [0.4, 0.5) is 8.78 Å². The van der Waals surface area contributed by atoms with Crippen LogP contribution in [-0.2, 0) is 27.7 Å². The van der Waals surface area contributed by atoms with Crippen LogP contribution in [0, 0.1) is 11.6 Å². The zero-order chi connectivity index (χ0) is 22.9. The predicted octanol–water partition coefficient (Wildman–Crippen LogP) is 3.91. The summed E-state index contributed by atoms with van der Waals surface area (Å²) in [5, 5.41) is 4.61. The molecule has 32 heavy (non-hydrogen) atoms. The first kappa shape index (κ1) is 21.6. The van der Waals surface area contributed by atoms with Crippen LogP contribution >= 0.6 is 0 Å². The third-order valence-electron chi connectivity index (χ3n) is 4.89. The lowest BCUT2D eigenvalue weighted by atomic mass is 10.0. The molecule has 4 rings (SSSR count). The summed E-state index contributed by atoms with van der Waals surface area (Å²) in [5.41, 5.74) is 1.11. The summed E-state index contributed by atoms with van der Waals surface area (Å²) in [6, 6.07) is 13.9. The third-order valence-corrected chi connectivity index (χ3v) is 6.49. The summed E-state index contributed by atoms with van der Waals surface area (Å²) in [6.07, 6.45) is 1.25. The van der Waals surface area contributed by atoms with E-state index in [1.54, 1.807) is 30.3 Å².